The fourth-order valence-corrected chi connectivity index (χ4v) is 5.33. The second-order valence-electron chi connectivity index (χ2n) is 10.7. The highest BCUT2D eigenvalue weighted by molar-refractivity contribution is 7.99. The van der Waals surface area contributed by atoms with Gasteiger partial charge in [0.25, 0.3) is 5.91 Å². The number of hydrogen-bond acceptors (Lipinski definition) is 7. The van der Waals surface area contributed by atoms with Gasteiger partial charge in [-0.3, -0.25) is 14.6 Å². The maximum absolute atomic E-state index is 13.2. The molecule has 0 aliphatic carbocycles. The lowest BCUT2D eigenvalue weighted by Gasteiger charge is -2.40. The third-order valence-corrected chi connectivity index (χ3v) is 7.67. The van der Waals surface area contributed by atoms with E-state index < -0.39 is 0 Å². The maximum atomic E-state index is 13.2. The third kappa shape index (κ3) is 7.92. The SMILES string of the molecule is CC1CN(c2cc(Cl)nc(SCC(=O)NCCc3ccccn3)n2)CCN1C(=O)c1ccc(C(C)(C)C)cc1. The molecule has 0 bridgehead atoms. The highest BCUT2D eigenvalue weighted by Gasteiger charge is 2.29. The number of amides is 2. The highest BCUT2D eigenvalue weighted by atomic mass is 35.5. The summed E-state index contributed by atoms with van der Waals surface area (Å²) in [5.41, 5.74) is 2.88. The lowest BCUT2D eigenvalue weighted by atomic mass is 9.86. The van der Waals surface area contributed by atoms with Crippen LogP contribution in [0.5, 0.6) is 0 Å². The summed E-state index contributed by atoms with van der Waals surface area (Å²) in [6, 6.07) is 15.4. The van der Waals surface area contributed by atoms with E-state index in [0.717, 1.165) is 5.69 Å². The second kappa shape index (κ2) is 12.8. The number of rotatable bonds is 8. The van der Waals surface area contributed by atoms with Crippen molar-refractivity contribution >= 4 is 41.0 Å². The van der Waals surface area contributed by atoms with Crippen LogP contribution in [-0.4, -0.2) is 69.6 Å². The van der Waals surface area contributed by atoms with Gasteiger partial charge in [0.2, 0.25) is 5.91 Å². The molecule has 206 valence electrons. The Hall–Kier alpha value is -3.17. The summed E-state index contributed by atoms with van der Waals surface area (Å²) in [5, 5.41) is 3.67. The van der Waals surface area contributed by atoms with E-state index in [-0.39, 0.29) is 29.0 Å². The lowest BCUT2D eigenvalue weighted by molar-refractivity contribution is -0.118. The predicted octanol–water partition coefficient (Wildman–Crippen LogP) is 4.62. The number of anilines is 1. The van der Waals surface area contributed by atoms with E-state index in [1.807, 2.05) is 54.3 Å². The standard InChI is InChI=1S/C29H35ClN6O2S/c1-20-18-35(15-16-36(20)27(38)21-8-10-22(11-9-21)29(2,3)4)25-17-24(30)33-28(34-25)39-19-26(37)32-14-12-23-7-5-6-13-31-23/h5-11,13,17,20H,12,14-16,18-19H2,1-4H3,(H,32,37). The Morgan fingerprint density at radius 1 is 1.10 bits per heavy atom. The molecule has 0 saturated carbocycles. The van der Waals surface area contributed by atoms with Crippen molar-refractivity contribution in [1.82, 2.24) is 25.2 Å². The third-order valence-electron chi connectivity index (χ3n) is 6.63. The van der Waals surface area contributed by atoms with E-state index in [0.29, 0.717) is 54.3 Å². The van der Waals surface area contributed by atoms with Gasteiger partial charge in [0.15, 0.2) is 5.16 Å². The van der Waals surface area contributed by atoms with E-state index in [1.54, 1.807) is 12.3 Å². The van der Waals surface area contributed by atoms with Gasteiger partial charge in [0.1, 0.15) is 11.0 Å². The highest BCUT2D eigenvalue weighted by Crippen LogP contribution is 2.26. The molecule has 2 aromatic heterocycles. The average molecular weight is 567 g/mol. The number of thioether (sulfide) groups is 1. The van der Waals surface area contributed by atoms with Gasteiger partial charge in [-0.05, 0) is 42.2 Å². The Kier molecular flexibility index (Phi) is 9.45. The molecule has 39 heavy (non-hydrogen) atoms. The molecule has 1 aromatic carbocycles. The number of carbonyl (C=O) groups excluding carboxylic acids is 2. The van der Waals surface area contributed by atoms with Crippen LogP contribution in [0.4, 0.5) is 5.82 Å². The topological polar surface area (TPSA) is 91.3 Å². The van der Waals surface area contributed by atoms with E-state index in [9.17, 15) is 9.59 Å². The van der Waals surface area contributed by atoms with Crippen molar-refractivity contribution in [3.8, 4) is 0 Å². The van der Waals surface area contributed by atoms with Crippen LogP contribution in [0, 0.1) is 0 Å². The summed E-state index contributed by atoms with van der Waals surface area (Å²) >= 11 is 7.56. The Balaban J connectivity index is 1.31. The van der Waals surface area contributed by atoms with Crippen molar-refractivity contribution in [2.75, 3.05) is 36.8 Å². The van der Waals surface area contributed by atoms with Crippen LogP contribution >= 0.6 is 23.4 Å². The molecule has 1 N–H and O–H groups in total. The number of hydrogen-bond donors (Lipinski definition) is 1. The molecular weight excluding hydrogens is 532 g/mol. The first kappa shape index (κ1) is 28.8. The molecular formula is C29H35ClN6O2S. The summed E-state index contributed by atoms with van der Waals surface area (Å²) in [7, 11) is 0. The van der Waals surface area contributed by atoms with Crippen molar-refractivity contribution in [1.29, 1.82) is 0 Å². The Bertz CT molecular complexity index is 1280. The first-order valence-corrected chi connectivity index (χ1v) is 14.5. The molecule has 0 spiro atoms. The summed E-state index contributed by atoms with van der Waals surface area (Å²) in [6.07, 6.45) is 2.41. The molecule has 1 atom stereocenters. The van der Waals surface area contributed by atoms with Gasteiger partial charge in [0.05, 0.1) is 5.75 Å². The summed E-state index contributed by atoms with van der Waals surface area (Å²) < 4.78 is 0. The van der Waals surface area contributed by atoms with Crippen molar-refractivity contribution in [3.05, 3.63) is 76.7 Å². The lowest BCUT2D eigenvalue weighted by Crippen LogP contribution is -2.54. The summed E-state index contributed by atoms with van der Waals surface area (Å²) in [6.45, 7) is 10.9. The number of aromatic nitrogens is 3. The van der Waals surface area contributed by atoms with Crippen molar-refractivity contribution in [2.24, 2.45) is 0 Å². The number of halogens is 1. The molecule has 1 fully saturated rings. The van der Waals surface area contributed by atoms with Crippen LogP contribution in [0.15, 0.2) is 59.9 Å². The molecule has 1 saturated heterocycles. The van der Waals surface area contributed by atoms with Gasteiger partial charge in [-0.2, -0.15) is 0 Å². The minimum Gasteiger partial charge on any atom is -0.355 e. The normalized spacial score (nSPS) is 15.8. The van der Waals surface area contributed by atoms with Gasteiger partial charge < -0.3 is 15.1 Å². The van der Waals surface area contributed by atoms with Crippen LogP contribution in [0.25, 0.3) is 0 Å². The average Bonchev–Trinajstić information content (AvgIpc) is 2.91. The minimum absolute atomic E-state index is 0.0109. The Labute approximate surface area is 239 Å². The number of piperazine rings is 1. The first-order chi connectivity index (χ1) is 18.6. The van der Waals surface area contributed by atoms with Gasteiger partial charge in [0, 0.05) is 62.2 Å². The predicted molar refractivity (Wildman–Crippen MR) is 157 cm³/mol. The van der Waals surface area contributed by atoms with Gasteiger partial charge in [-0.25, -0.2) is 9.97 Å². The molecule has 10 heteroatoms. The van der Waals surface area contributed by atoms with Crippen LogP contribution in [0.3, 0.4) is 0 Å². The molecule has 8 nitrogen and oxygen atoms in total. The van der Waals surface area contributed by atoms with E-state index in [1.165, 1.54) is 17.3 Å². The van der Waals surface area contributed by atoms with Crippen LogP contribution in [0.1, 0.15) is 49.3 Å². The van der Waals surface area contributed by atoms with Gasteiger partial charge >= 0.3 is 0 Å². The number of benzene rings is 1. The number of nitrogens with one attached hydrogen (secondary N) is 1. The molecule has 2 amide bonds. The van der Waals surface area contributed by atoms with Gasteiger partial charge in [-0.1, -0.05) is 62.3 Å². The van der Waals surface area contributed by atoms with E-state index >= 15 is 0 Å². The van der Waals surface area contributed by atoms with E-state index in [2.05, 4.69) is 45.9 Å². The zero-order chi connectivity index (χ0) is 28.0. The number of carbonyl (C=O) groups is 2. The van der Waals surface area contributed by atoms with E-state index in [4.69, 9.17) is 11.6 Å². The quantitative estimate of drug-likeness (QED) is 0.241. The molecule has 1 aliphatic rings. The molecule has 1 aliphatic heterocycles. The zero-order valence-corrected chi connectivity index (χ0v) is 24.4. The van der Waals surface area contributed by atoms with Crippen LogP contribution in [-0.2, 0) is 16.6 Å². The Morgan fingerprint density at radius 3 is 2.54 bits per heavy atom. The monoisotopic (exact) mass is 566 g/mol. The number of pyridine rings is 1. The minimum atomic E-state index is -0.0997. The summed E-state index contributed by atoms with van der Waals surface area (Å²) in [4.78, 5) is 42.8. The number of nitrogens with zero attached hydrogens (tertiary/aromatic N) is 5. The Morgan fingerprint density at radius 2 is 1.87 bits per heavy atom. The zero-order valence-electron chi connectivity index (χ0n) is 22.9. The smallest absolute Gasteiger partial charge is 0.254 e. The maximum Gasteiger partial charge on any atom is 0.254 e. The molecule has 4 rings (SSSR count). The first-order valence-electron chi connectivity index (χ1n) is 13.1. The fraction of sp³-hybridized carbons (Fsp3) is 0.414. The molecule has 3 aromatic rings. The molecule has 0 radical (unpaired) electrons. The fourth-order valence-electron chi connectivity index (χ4n) is 4.42. The summed E-state index contributed by atoms with van der Waals surface area (Å²) in [5.74, 6) is 0.821. The van der Waals surface area contributed by atoms with Crippen molar-refractivity contribution < 1.29 is 9.59 Å². The van der Waals surface area contributed by atoms with Gasteiger partial charge in [-0.15, -0.1) is 0 Å². The molecule has 1 unspecified atom stereocenters. The van der Waals surface area contributed by atoms with Crippen LogP contribution < -0.4 is 10.2 Å². The van der Waals surface area contributed by atoms with Crippen LogP contribution in [0.2, 0.25) is 5.15 Å². The van der Waals surface area contributed by atoms with Crippen molar-refractivity contribution in [3.63, 3.8) is 0 Å². The molecule has 3 heterocycles. The second-order valence-corrected chi connectivity index (χ2v) is 12.0. The van der Waals surface area contributed by atoms with Crippen molar-refractivity contribution in [2.45, 2.75) is 50.7 Å². The largest absolute Gasteiger partial charge is 0.355 e.